The maximum absolute atomic E-state index is 11.3. The Labute approximate surface area is 94.7 Å². The van der Waals surface area contributed by atoms with E-state index in [-0.39, 0.29) is 19.1 Å². The second-order valence-corrected chi connectivity index (χ2v) is 4.27. The quantitative estimate of drug-likeness (QED) is 0.456. The van der Waals surface area contributed by atoms with Gasteiger partial charge in [0.25, 0.3) is 0 Å². The Morgan fingerprint density at radius 2 is 2.33 bits per heavy atom. The van der Waals surface area contributed by atoms with Crippen LogP contribution in [-0.4, -0.2) is 55.4 Å². The molecule has 0 fully saturated rings. The number of hydrogen-bond acceptors (Lipinski definition) is 5. The summed E-state index contributed by atoms with van der Waals surface area (Å²) in [4.78, 5) is 11.3. The number of rotatable bonds is 9. The predicted molar refractivity (Wildman–Crippen MR) is 61.9 cm³/mol. The molecular weight excluding hydrogens is 216 g/mol. The van der Waals surface area contributed by atoms with E-state index in [1.165, 1.54) is 7.11 Å². The van der Waals surface area contributed by atoms with Gasteiger partial charge in [-0.3, -0.25) is 4.79 Å². The minimum Gasteiger partial charge on any atom is -0.396 e. The fourth-order valence-corrected chi connectivity index (χ4v) is 1.69. The molecule has 6 heteroatoms. The SMILES string of the molecule is COCC(N)C(=O)NCCSCCCO. The number of ether oxygens (including phenoxy) is 1. The third-order valence-corrected chi connectivity index (χ3v) is 2.75. The Morgan fingerprint density at radius 1 is 1.60 bits per heavy atom. The van der Waals surface area contributed by atoms with Crippen LogP contribution in [0.15, 0.2) is 0 Å². The van der Waals surface area contributed by atoms with Gasteiger partial charge in [0, 0.05) is 26.0 Å². The van der Waals surface area contributed by atoms with E-state index in [1.807, 2.05) is 0 Å². The molecule has 0 radical (unpaired) electrons. The first-order valence-electron chi connectivity index (χ1n) is 4.93. The minimum atomic E-state index is -0.586. The maximum atomic E-state index is 11.3. The lowest BCUT2D eigenvalue weighted by Gasteiger charge is -2.10. The van der Waals surface area contributed by atoms with Crippen molar-refractivity contribution in [1.82, 2.24) is 5.32 Å². The van der Waals surface area contributed by atoms with Gasteiger partial charge in [0.2, 0.25) is 5.91 Å². The van der Waals surface area contributed by atoms with E-state index in [0.717, 1.165) is 17.9 Å². The van der Waals surface area contributed by atoms with Crippen LogP contribution in [0.1, 0.15) is 6.42 Å². The van der Waals surface area contributed by atoms with Crippen molar-refractivity contribution in [2.24, 2.45) is 5.73 Å². The number of aliphatic hydroxyl groups excluding tert-OH is 1. The average Bonchev–Trinajstić information content (AvgIpc) is 2.23. The molecule has 0 aliphatic carbocycles. The maximum Gasteiger partial charge on any atom is 0.239 e. The van der Waals surface area contributed by atoms with Crippen molar-refractivity contribution in [2.75, 3.05) is 38.4 Å². The van der Waals surface area contributed by atoms with Crippen molar-refractivity contribution in [3.05, 3.63) is 0 Å². The molecule has 0 aromatic carbocycles. The molecule has 5 nitrogen and oxygen atoms in total. The second kappa shape index (κ2) is 10.2. The summed E-state index contributed by atoms with van der Waals surface area (Å²) >= 11 is 1.70. The lowest BCUT2D eigenvalue weighted by Crippen LogP contribution is -2.44. The van der Waals surface area contributed by atoms with Crippen LogP contribution in [0, 0.1) is 0 Å². The normalized spacial score (nSPS) is 12.5. The number of amides is 1. The number of carbonyl (C=O) groups is 1. The van der Waals surface area contributed by atoms with Crippen LogP contribution >= 0.6 is 11.8 Å². The van der Waals surface area contributed by atoms with Gasteiger partial charge in [-0.15, -0.1) is 0 Å². The largest absolute Gasteiger partial charge is 0.396 e. The van der Waals surface area contributed by atoms with Crippen molar-refractivity contribution >= 4 is 17.7 Å². The molecule has 0 rings (SSSR count). The van der Waals surface area contributed by atoms with Crippen LogP contribution in [0.4, 0.5) is 0 Å². The van der Waals surface area contributed by atoms with E-state index in [9.17, 15) is 4.79 Å². The van der Waals surface area contributed by atoms with E-state index < -0.39 is 6.04 Å². The smallest absolute Gasteiger partial charge is 0.239 e. The molecule has 0 aliphatic heterocycles. The monoisotopic (exact) mass is 236 g/mol. The van der Waals surface area contributed by atoms with Gasteiger partial charge in [-0.25, -0.2) is 0 Å². The van der Waals surface area contributed by atoms with Gasteiger partial charge >= 0.3 is 0 Å². The number of hydrogen-bond donors (Lipinski definition) is 3. The van der Waals surface area contributed by atoms with Crippen LogP contribution in [0.2, 0.25) is 0 Å². The summed E-state index contributed by atoms with van der Waals surface area (Å²) in [5.74, 6) is 1.57. The number of carbonyl (C=O) groups excluding carboxylic acids is 1. The number of thioether (sulfide) groups is 1. The van der Waals surface area contributed by atoms with Crippen LogP contribution in [0.25, 0.3) is 0 Å². The summed E-state index contributed by atoms with van der Waals surface area (Å²) in [6.45, 7) is 1.06. The summed E-state index contributed by atoms with van der Waals surface area (Å²) in [6.07, 6.45) is 0.793. The third-order valence-electron chi connectivity index (χ3n) is 1.68. The summed E-state index contributed by atoms with van der Waals surface area (Å²) in [5, 5.41) is 11.2. The van der Waals surface area contributed by atoms with Crippen molar-refractivity contribution in [1.29, 1.82) is 0 Å². The Balaban J connectivity index is 3.30. The fraction of sp³-hybridized carbons (Fsp3) is 0.889. The Kier molecular flexibility index (Phi) is 10.0. The minimum absolute atomic E-state index is 0.181. The molecule has 0 bridgehead atoms. The van der Waals surface area contributed by atoms with E-state index in [2.05, 4.69) is 5.32 Å². The van der Waals surface area contributed by atoms with Gasteiger partial charge in [-0.05, 0) is 12.2 Å². The zero-order chi connectivity index (χ0) is 11.5. The first-order chi connectivity index (χ1) is 7.22. The number of methoxy groups -OCH3 is 1. The molecule has 4 N–H and O–H groups in total. The lowest BCUT2D eigenvalue weighted by atomic mass is 10.3. The topological polar surface area (TPSA) is 84.6 Å². The van der Waals surface area contributed by atoms with Crippen LogP contribution in [-0.2, 0) is 9.53 Å². The summed E-state index contributed by atoms with van der Waals surface area (Å²) < 4.78 is 4.77. The first kappa shape index (κ1) is 14.7. The highest BCUT2D eigenvalue weighted by atomic mass is 32.2. The molecule has 90 valence electrons. The standard InChI is InChI=1S/C9H20N2O3S/c1-14-7-8(10)9(13)11-3-6-15-5-2-4-12/h8,12H,2-7,10H2,1H3,(H,11,13). The van der Waals surface area contributed by atoms with Crippen LogP contribution in [0.5, 0.6) is 0 Å². The molecule has 1 unspecified atom stereocenters. The average molecular weight is 236 g/mol. The Bertz CT molecular complexity index is 169. The molecule has 1 atom stereocenters. The lowest BCUT2D eigenvalue weighted by molar-refractivity contribution is -0.123. The van der Waals surface area contributed by atoms with Gasteiger partial charge in [0.05, 0.1) is 6.61 Å². The molecule has 0 aromatic rings. The number of aliphatic hydroxyl groups is 1. The van der Waals surface area contributed by atoms with Crippen LogP contribution < -0.4 is 11.1 Å². The van der Waals surface area contributed by atoms with Gasteiger partial charge in [0.15, 0.2) is 0 Å². The third kappa shape index (κ3) is 8.68. The highest BCUT2D eigenvalue weighted by Gasteiger charge is 2.11. The van der Waals surface area contributed by atoms with Gasteiger partial charge in [-0.2, -0.15) is 11.8 Å². The first-order valence-corrected chi connectivity index (χ1v) is 6.08. The molecule has 15 heavy (non-hydrogen) atoms. The van der Waals surface area contributed by atoms with Crippen LogP contribution in [0.3, 0.4) is 0 Å². The second-order valence-electron chi connectivity index (χ2n) is 3.04. The molecule has 0 heterocycles. The highest BCUT2D eigenvalue weighted by molar-refractivity contribution is 7.99. The summed E-state index contributed by atoms with van der Waals surface area (Å²) in [5.41, 5.74) is 5.51. The molecule has 0 aliphatic rings. The Hall–Kier alpha value is -0.300. The van der Waals surface area contributed by atoms with E-state index in [1.54, 1.807) is 11.8 Å². The zero-order valence-electron chi connectivity index (χ0n) is 9.07. The summed E-state index contributed by atoms with van der Waals surface area (Å²) in [7, 11) is 1.51. The number of nitrogens with two attached hydrogens (primary N) is 1. The van der Waals surface area contributed by atoms with Gasteiger partial charge in [0.1, 0.15) is 6.04 Å². The molecule has 1 amide bonds. The van der Waals surface area contributed by atoms with Crippen molar-refractivity contribution in [3.8, 4) is 0 Å². The molecular formula is C9H20N2O3S. The molecule has 0 saturated heterocycles. The zero-order valence-corrected chi connectivity index (χ0v) is 9.89. The van der Waals surface area contributed by atoms with E-state index in [0.29, 0.717) is 6.54 Å². The molecule has 0 aromatic heterocycles. The molecule has 0 saturated carbocycles. The number of nitrogens with one attached hydrogen (secondary N) is 1. The highest BCUT2D eigenvalue weighted by Crippen LogP contribution is 1.99. The predicted octanol–water partition coefficient (Wildman–Crippen LogP) is -0.808. The van der Waals surface area contributed by atoms with Crippen molar-refractivity contribution < 1.29 is 14.6 Å². The Morgan fingerprint density at radius 3 is 2.93 bits per heavy atom. The van der Waals surface area contributed by atoms with Crippen molar-refractivity contribution in [3.63, 3.8) is 0 Å². The van der Waals surface area contributed by atoms with E-state index >= 15 is 0 Å². The fourth-order valence-electron chi connectivity index (χ4n) is 0.901. The van der Waals surface area contributed by atoms with Gasteiger partial charge < -0.3 is 20.9 Å². The van der Waals surface area contributed by atoms with Crippen molar-refractivity contribution in [2.45, 2.75) is 12.5 Å². The van der Waals surface area contributed by atoms with E-state index in [4.69, 9.17) is 15.6 Å². The van der Waals surface area contributed by atoms with Gasteiger partial charge in [-0.1, -0.05) is 0 Å². The summed E-state index contributed by atoms with van der Waals surface area (Å²) in [6, 6.07) is -0.586. The molecule has 0 spiro atoms.